The zero-order chi connectivity index (χ0) is 14.4. The van der Waals surface area contributed by atoms with Crippen molar-refractivity contribution in [3.05, 3.63) is 22.4 Å². The van der Waals surface area contributed by atoms with Crippen LogP contribution < -0.4 is 10.2 Å². The fourth-order valence-electron chi connectivity index (χ4n) is 2.38. The molecule has 0 aromatic carbocycles. The van der Waals surface area contributed by atoms with Gasteiger partial charge in [0.2, 0.25) is 5.91 Å². The number of hydrogen-bond acceptors (Lipinski definition) is 3. The molecule has 0 radical (unpaired) electrons. The van der Waals surface area contributed by atoms with Gasteiger partial charge in [-0.05, 0) is 17.9 Å². The number of amides is 2. The van der Waals surface area contributed by atoms with Crippen LogP contribution in [0.3, 0.4) is 0 Å². The molecule has 1 fully saturated rings. The predicted molar refractivity (Wildman–Crippen MR) is 78.9 cm³/mol. The minimum Gasteiger partial charge on any atom is -0.351 e. The summed E-state index contributed by atoms with van der Waals surface area (Å²) >= 11 is 1.72. The molecule has 1 aliphatic rings. The Balaban J connectivity index is 1.61. The Hall–Kier alpha value is -1.40. The molecule has 1 aliphatic heterocycles. The number of carbonyl (C=O) groups excluding carboxylic acids is 2. The minimum absolute atomic E-state index is 0.104. The second-order valence-electron chi connectivity index (χ2n) is 5.11. The van der Waals surface area contributed by atoms with E-state index < -0.39 is 0 Å². The molecule has 1 aromatic rings. The maximum absolute atomic E-state index is 11.8. The molecule has 0 unspecified atom stereocenters. The average molecular weight is 296 g/mol. The lowest BCUT2D eigenvalue weighted by molar-refractivity contribution is -0.896. The van der Waals surface area contributed by atoms with Gasteiger partial charge in [-0.25, -0.2) is 0 Å². The molecule has 20 heavy (non-hydrogen) atoms. The molecule has 0 saturated carbocycles. The van der Waals surface area contributed by atoms with E-state index in [-0.39, 0.29) is 11.8 Å². The Bertz CT molecular complexity index is 439. The van der Waals surface area contributed by atoms with Crippen LogP contribution in [0, 0.1) is 0 Å². The quantitative estimate of drug-likeness (QED) is 0.744. The smallest absolute Gasteiger partial charge is 0.275 e. The van der Waals surface area contributed by atoms with E-state index in [0.717, 1.165) is 32.6 Å². The van der Waals surface area contributed by atoms with Gasteiger partial charge in [0, 0.05) is 18.3 Å². The third-order valence-electron chi connectivity index (χ3n) is 3.60. The van der Waals surface area contributed by atoms with E-state index >= 15 is 0 Å². The molecule has 2 rings (SSSR count). The number of quaternary nitrogens is 1. The molecule has 0 aliphatic carbocycles. The number of nitrogens with one attached hydrogen (secondary N) is 2. The van der Waals surface area contributed by atoms with Crippen molar-refractivity contribution in [1.82, 2.24) is 10.2 Å². The molecule has 5 nitrogen and oxygen atoms in total. The first-order valence-electron chi connectivity index (χ1n) is 7.03. The van der Waals surface area contributed by atoms with Gasteiger partial charge in [0.15, 0.2) is 6.54 Å². The van der Waals surface area contributed by atoms with Crippen molar-refractivity contribution < 1.29 is 14.5 Å². The van der Waals surface area contributed by atoms with Crippen LogP contribution >= 0.6 is 11.3 Å². The average Bonchev–Trinajstić information content (AvgIpc) is 2.92. The monoisotopic (exact) mass is 296 g/mol. The fraction of sp³-hybridized carbons (Fsp3) is 0.571. The zero-order valence-corrected chi connectivity index (χ0v) is 12.7. The molecular formula is C14H22N3O2S+. The lowest BCUT2D eigenvalue weighted by Gasteiger charge is -2.31. The van der Waals surface area contributed by atoms with Gasteiger partial charge in [-0.2, -0.15) is 0 Å². The summed E-state index contributed by atoms with van der Waals surface area (Å²) in [6, 6.07) is 4.11. The van der Waals surface area contributed by atoms with E-state index in [2.05, 4.69) is 16.8 Å². The van der Waals surface area contributed by atoms with Crippen LogP contribution in [0.15, 0.2) is 17.5 Å². The molecule has 0 spiro atoms. The number of hydrogen-bond donors (Lipinski definition) is 2. The second-order valence-corrected chi connectivity index (χ2v) is 6.14. The van der Waals surface area contributed by atoms with Crippen LogP contribution in [-0.4, -0.2) is 56.0 Å². The highest BCUT2D eigenvalue weighted by Crippen LogP contribution is 2.07. The van der Waals surface area contributed by atoms with E-state index in [9.17, 15) is 9.59 Å². The first-order valence-corrected chi connectivity index (χ1v) is 7.91. The van der Waals surface area contributed by atoms with E-state index in [1.165, 1.54) is 9.78 Å². The lowest BCUT2D eigenvalue weighted by Crippen LogP contribution is -3.15. The molecule has 1 aromatic heterocycles. The van der Waals surface area contributed by atoms with E-state index in [1.54, 1.807) is 18.3 Å². The van der Waals surface area contributed by atoms with Gasteiger partial charge in [-0.15, -0.1) is 11.3 Å². The highest BCUT2D eigenvalue weighted by molar-refractivity contribution is 7.09. The van der Waals surface area contributed by atoms with Crippen LogP contribution in [-0.2, 0) is 16.0 Å². The predicted octanol–water partition coefficient (Wildman–Crippen LogP) is -0.846. The topological polar surface area (TPSA) is 53.9 Å². The van der Waals surface area contributed by atoms with E-state index in [0.29, 0.717) is 13.1 Å². The van der Waals surface area contributed by atoms with Gasteiger partial charge >= 0.3 is 0 Å². The summed E-state index contributed by atoms with van der Waals surface area (Å²) in [4.78, 5) is 27.5. The molecule has 0 atom stereocenters. The molecule has 1 saturated heterocycles. The summed E-state index contributed by atoms with van der Waals surface area (Å²) in [5.41, 5.74) is 0. The maximum Gasteiger partial charge on any atom is 0.275 e. The molecule has 0 bridgehead atoms. The second kappa shape index (κ2) is 7.40. The van der Waals surface area contributed by atoms with Crippen molar-refractivity contribution in [2.24, 2.45) is 0 Å². The van der Waals surface area contributed by atoms with Crippen molar-refractivity contribution in [3.8, 4) is 0 Å². The number of piperazine rings is 1. The molecule has 2 amide bonds. The van der Waals surface area contributed by atoms with Crippen molar-refractivity contribution >= 4 is 23.2 Å². The molecule has 2 N–H and O–H groups in total. The number of nitrogens with zero attached hydrogens (tertiary/aromatic N) is 1. The van der Waals surface area contributed by atoms with Crippen LogP contribution in [0.2, 0.25) is 0 Å². The fourth-order valence-corrected chi connectivity index (χ4v) is 3.09. The Labute approximate surface area is 123 Å². The van der Waals surface area contributed by atoms with Crippen molar-refractivity contribution in [3.63, 3.8) is 0 Å². The Morgan fingerprint density at radius 2 is 2.15 bits per heavy atom. The Morgan fingerprint density at radius 1 is 1.40 bits per heavy atom. The molecular weight excluding hydrogens is 274 g/mol. The highest BCUT2D eigenvalue weighted by Gasteiger charge is 2.23. The van der Waals surface area contributed by atoms with Gasteiger partial charge in [0.05, 0.1) is 26.2 Å². The first-order chi connectivity index (χ1) is 9.65. The Morgan fingerprint density at radius 3 is 2.75 bits per heavy atom. The summed E-state index contributed by atoms with van der Waals surface area (Å²) in [7, 11) is 0. The number of thiophene rings is 1. The van der Waals surface area contributed by atoms with Crippen LogP contribution in [0.25, 0.3) is 0 Å². The maximum atomic E-state index is 11.8. The zero-order valence-electron chi connectivity index (χ0n) is 11.9. The third-order valence-corrected chi connectivity index (χ3v) is 4.54. The van der Waals surface area contributed by atoms with Gasteiger partial charge in [0.1, 0.15) is 0 Å². The van der Waals surface area contributed by atoms with Gasteiger partial charge in [-0.3, -0.25) is 9.59 Å². The lowest BCUT2D eigenvalue weighted by atomic mass is 10.3. The van der Waals surface area contributed by atoms with Crippen molar-refractivity contribution in [2.45, 2.75) is 13.3 Å². The van der Waals surface area contributed by atoms with Gasteiger partial charge in [0.25, 0.3) is 5.91 Å². The summed E-state index contributed by atoms with van der Waals surface area (Å²) in [6.07, 6.45) is 0.900. The summed E-state index contributed by atoms with van der Waals surface area (Å²) < 4.78 is 0. The van der Waals surface area contributed by atoms with Crippen LogP contribution in [0.1, 0.15) is 11.8 Å². The molecule has 2 heterocycles. The van der Waals surface area contributed by atoms with Crippen LogP contribution in [0.5, 0.6) is 0 Å². The van der Waals surface area contributed by atoms with E-state index in [4.69, 9.17) is 0 Å². The first kappa shape index (κ1) is 15.0. The summed E-state index contributed by atoms with van der Waals surface area (Å²) in [5, 5.41) is 5.02. The molecule has 110 valence electrons. The normalized spacial score (nSPS) is 16.1. The number of carbonyl (C=O) groups is 2. The minimum atomic E-state index is 0.104. The largest absolute Gasteiger partial charge is 0.351 e. The highest BCUT2D eigenvalue weighted by atomic mass is 32.1. The van der Waals surface area contributed by atoms with Crippen LogP contribution in [0.4, 0.5) is 0 Å². The van der Waals surface area contributed by atoms with Crippen molar-refractivity contribution in [2.75, 3.05) is 39.3 Å². The molecule has 6 heteroatoms. The summed E-state index contributed by atoms with van der Waals surface area (Å²) in [6.45, 7) is 6.04. The number of rotatable bonds is 5. The summed E-state index contributed by atoms with van der Waals surface area (Å²) in [5.74, 6) is 0.234. The SMILES string of the molecule is CC(=O)N1CC[NH+](CC(=O)NCCc2cccs2)CC1. The van der Waals surface area contributed by atoms with Gasteiger partial charge < -0.3 is 15.1 Å². The third kappa shape index (κ3) is 4.61. The Kier molecular flexibility index (Phi) is 5.55. The van der Waals surface area contributed by atoms with Gasteiger partial charge in [-0.1, -0.05) is 6.07 Å². The van der Waals surface area contributed by atoms with Crippen molar-refractivity contribution in [1.29, 1.82) is 0 Å². The van der Waals surface area contributed by atoms with E-state index in [1.807, 2.05) is 11.0 Å². The standard InChI is InChI=1S/C14H21N3O2S/c1-12(18)17-8-6-16(7-9-17)11-14(19)15-5-4-13-3-2-10-20-13/h2-3,10H,4-9,11H2,1H3,(H,15,19)/p+1.